The highest BCUT2D eigenvalue weighted by Crippen LogP contribution is 2.20. The highest BCUT2D eigenvalue weighted by atomic mass is 79.9. The molecule has 1 rings (SSSR count). The van der Waals surface area contributed by atoms with Crippen molar-refractivity contribution in [2.24, 2.45) is 0 Å². The summed E-state index contributed by atoms with van der Waals surface area (Å²) in [7, 11) is 0. The zero-order valence-corrected chi connectivity index (χ0v) is 10.5. The van der Waals surface area contributed by atoms with Crippen LogP contribution in [-0.4, -0.2) is 35.4 Å². The fraction of sp³-hybridized carbons (Fsp3) is 0.364. The van der Waals surface area contributed by atoms with Crippen LogP contribution in [0.15, 0.2) is 22.7 Å². The van der Waals surface area contributed by atoms with Crippen LogP contribution in [0.4, 0.5) is 0 Å². The van der Waals surface area contributed by atoms with E-state index < -0.39 is 6.04 Å². The van der Waals surface area contributed by atoms with Gasteiger partial charge in [0, 0.05) is 4.47 Å². The number of carbonyl (C=O) groups excluding carboxylic acids is 1. The van der Waals surface area contributed by atoms with E-state index in [1.165, 1.54) is 0 Å². The van der Waals surface area contributed by atoms with Crippen LogP contribution in [0, 0.1) is 6.92 Å². The van der Waals surface area contributed by atoms with Gasteiger partial charge in [0.05, 0.1) is 24.8 Å². The van der Waals surface area contributed by atoms with Crippen molar-refractivity contribution in [1.82, 2.24) is 5.32 Å². The fourth-order valence-electron chi connectivity index (χ4n) is 1.23. The van der Waals surface area contributed by atoms with E-state index in [1.807, 2.05) is 13.0 Å². The van der Waals surface area contributed by atoms with Gasteiger partial charge in [-0.25, -0.2) is 0 Å². The Hall–Kier alpha value is -0.910. The van der Waals surface area contributed by atoms with Gasteiger partial charge in [-0.05, 0) is 34.5 Å². The Morgan fingerprint density at radius 2 is 2.06 bits per heavy atom. The molecule has 0 spiro atoms. The van der Waals surface area contributed by atoms with Gasteiger partial charge in [-0.2, -0.15) is 0 Å². The maximum absolute atomic E-state index is 11.8. The molecule has 0 unspecified atom stereocenters. The topological polar surface area (TPSA) is 69.6 Å². The van der Waals surface area contributed by atoms with E-state index in [9.17, 15) is 4.79 Å². The van der Waals surface area contributed by atoms with E-state index in [2.05, 4.69) is 21.2 Å². The van der Waals surface area contributed by atoms with Crippen LogP contribution >= 0.6 is 15.9 Å². The van der Waals surface area contributed by atoms with Crippen molar-refractivity contribution < 1.29 is 15.0 Å². The smallest absolute Gasteiger partial charge is 0.252 e. The first-order valence-electron chi connectivity index (χ1n) is 4.87. The minimum absolute atomic E-state index is 0.286. The summed E-state index contributed by atoms with van der Waals surface area (Å²) in [6.07, 6.45) is 0. The second kappa shape index (κ2) is 5.98. The molecular formula is C11H14BrNO3. The maximum Gasteiger partial charge on any atom is 0.252 e. The SMILES string of the molecule is Cc1cccc(C(=O)NC(CO)CO)c1Br. The zero-order valence-electron chi connectivity index (χ0n) is 8.90. The molecule has 88 valence electrons. The average molecular weight is 288 g/mol. The Bertz CT molecular complexity index is 377. The number of aliphatic hydroxyl groups excluding tert-OH is 2. The summed E-state index contributed by atoms with van der Waals surface area (Å²) in [5, 5.41) is 20.3. The molecule has 0 fully saturated rings. The molecule has 4 nitrogen and oxygen atoms in total. The van der Waals surface area contributed by atoms with Crippen molar-refractivity contribution in [1.29, 1.82) is 0 Å². The molecule has 0 aliphatic heterocycles. The van der Waals surface area contributed by atoms with Gasteiger partial charge in [0.25, 0.3) is 5.91 Å². The van der Waals surface area contributed by atoms with Crippen molar-refractivity contribution in [2.45, 2.75) is 13.0 Å². The van der Waals surface area contributed by atoms with Crippen LogP contribution in [-0.2, 0) is 0 Å². The van der Waals surface area contributed by atoms with Crippen LogP contribution in [0.2, 0.25) is 0 Å². The number of nitrogens with one attached hydrogen (secondary N) is 1. The molecule has 0 heterocycles. The van der Waals surface area contributed by atoms with Crippen molar-refractivity contribution in [3.8, 4) is 0 Å². The lowest BCUT2D eigenvalue weighted by Gasteiger charge is -2.14. The lowest BCUT2D eigenvalue weighted by molar-refractivity contribution is 0.0878. The molecule has 16 heavy (non-hydrogen) atoms. The molecule has 0 bridgehead atoms. The van der Waals surface area contributed by atoms with E-state index in [4.69, 9.17) is 10.2 Å². The zero-order chi connectivity index (χ0) is 12.1. The normalized spacial score (nSPS) is 10.6. The lowest BCUT2D eigenvalue weighted by atomic mass is 10.1. The molecule has 0 saturated carbocycles. The Morgan fingerprint density at radius 3 is 2.62 bits per heavy atom. The number of halogens is 1. The number of hydrogen-bond donors (Lipinski definition) is 3. The number of aliphatic hydroxyl groups is 2. The summed E-state index contributed by atoms with van der Waals surface area (Å²) >= 11 is 3.33. The van der Waals surface area contributed by atoms with E-state index in [1.54, 1.807) is 12.1 Å². The molecule has 1 aromatic rings. The van der Waals surface area contributed by atoms with E-state index >= 15 is 0 Å². The van der Waals surface area contributed by atoms with E-state index in [0.717, 1.165) is 10.0 Å². The standard InChI is InChI=1S/C11H14BrNO3/c1-7-3-2-4-9(10(7)12)11(16)13-8(5-14)6-15/h2-4,8,14-15H,5-6H2,1H3,(H,13,16). The average Bonchev–Trinajstić information content (AvgIpc) is 2.29. The molecule has 0 aliphatic rings. The summed E-state index contributed by atoms with van der Waals surface area (Å²) < 4.78 is 0.724. The van der Waals surface area contributed by atoms with Crippen molar-refractivity contribution in [3.05, 3.63) is 33.8 Å². The summed E-state index contributed by atoms with van der Waals surface area (Å²) in [5.74, 6) is -0.316. The molecule has 3 N–H and O–H groups in total. The molecular weight excluding hydrogens is 274 g/mol. The first-order chi connectivity index (χ1) is 7.60. The Balaban J connectivity index is 2.84. The van der Waals surface area contributed by atoms with Crippen LogP contribution in [0.25, 0.3) is 0 Å². The number of rotatable bonds is 4. The molecule has 0 aromatic heterocycles. The summed E-state index contributed by atoms with van der Waals surface area (Å²) in [5.41, 5.74) is 1.45. The minimum atomic E-state index is -0.625. The largest absolute Gasteiger partial charge is 0.394 e. The van der Waals surface area contributed by atoms with Crippen LogP contribution in [0.5, 0.6) is 0 Å². The second-order valence-electron chi connectivity index (χ2n) is 3.47. The highest BCUT2D eigenvalue weighted by molar-refractivity contribution is 9.10. The molecule has 0 radical (unpaired) electrons. The monoisotopic (exact) mass is 287 g/mol. The molecule has 1 amide bonds. The number of hydrogen-bond acceptors (Lipinski definition) is 3. The van der Waals surface area contributed by atoms with Gasteiger partial charge in [-0.1, -0.05) is 12.1 Å². The Kier molecular flexibility index (Phi) is 4.92. The van der Waals surface area contributed by atoms with Crippen molar-refractivity contribution in [2.75, 3.05) is 13.2 Å². The second-order valence-corrected chi connectivity index (χ2v) is 4.26. The van der Waals surface area contributed by atoms with Crippen LogP contribution in [0.3, 0.4) is 0 Å². The molecule has 0 aliphatic carbocycles. The Morgan fingerprint density at radius 1 is 1.44 bits per heavy atom. The molecule has 0 saturated heterocycles. The van der Waals surface area contributed by atoms with E-state index in [-0.39, 0.29) is 19.1 Å². The number of amides is 1. The number of aryl methyl sites for hydroxylation is 1. The van der Waals surface area contributed by atoms with Gasteiger partial charge < -0.3 is 15.5 Å². The fourth-order valence-corrected chi connectivity index (χ4v) is 1.68. The van der Waals surface area contributed by atoms with Gasteiger partial charge in [0.15, 0.2) is 0 Å². The summed E-state index contributed by atoms with van der Waals surface area (Å²) in [4.78, 5) is 11.8. The first-order valence-corrected chi connectivity index (χ1v) is 5.67. The highest BCUT2D eigenvalue weighted by Gasteiger charge is 2.14. The third kappa shape index (κ3) is 3.04. The number of benzene rings is 1. The summed E-state index contributed by atoms with van der Waals surface area (Å²) in [6, 6.07) is 4.72. The predicted molar refractivity (Wildman–Crippen MR) is 64.3 cm³/mol. The van der Waals surface area contributed by atoms with Crippen molar-refractivity contribution >= 4 is 21.8 Å². The molecule has 5 heteroatoms. The van der Waals surface area contributed by atoms with Gasteiger partial charge in [-0.15, -0.1) is 0 Å². The first kappa shape index (κ1) is 13.2. The van der Waals surface area contributed by atoms with E-state index in [0.29, 0.717) is 5.56 Å². The molecule has 1 aromatic carbocycles. The van der Waals surface area contributed by atoms with Crippen LogP contribution < -0.4 is 5.32 Å². The minimum Gasteiger partial charge on any atom is -0.394 e. The lowest BCUT2D eigenvalue weighted by Crippen LogP contribution is -2.40. The van der Waals surface area contributed by atoms with Gasteiger partial charge in [-0.3, -0.25) is 4.79 Å². The van der Waals surface area contributed by atoms with Gasteiger partial charge in [0.2, 0.25) is 0 Å². The Labute approximate surface area is 102 Å². The third-order valence-electron chi connectivity index (χ3n) is 2.21. The molecule has 0 atom stereocenters. The van der Waals surface area contributed by atoms with Crippen molar-refractivity contribution in [3.63, 3.8) is 0 Å². The van der Waals surface area contributed by atoms with Crippen LogP contribution in [0.1, 0.15) is 15.9 Å². The van der Waals surface area contributed by atoms with Gasteiger partial charge >= 0.3 is 0 Å². The maximum atomic E-state index is 11.8. The third-order valence-corrected chi connectivity index (χ3v) is 3.27. The quantitative estimate of drug-likeness (QED) is 0.769. The summed E-state index contributed by atoms with van der Waals surface area (Å²) in [6.45, 7) is 1.31. The predicted octanol–water partition coefficient (Wildman–Crippen LogP) is 0.841. The number of carbonyl (C=O) groups is 1. The van der Waals surface area contributed by atoms with Gasteiger partial charge in [0.1, 0.15) is 0 Å².